The molecule has 5 aromatic rings. The highest BCUT2D eigenvalue weighted by Gasteiger charge is 2.17. The molecule has 8 nitrogen and oxygen atoms in total. The second-order valence-electron chi connectivity index (χ2n) is 12.5. The van der Waals surface area contributed by atoms with Crippen molar-refractivity contribution in [1.29, 1.82) is 0 Å². The molecule has 0 bridgehead atoms. The summed E-state index contributed by atoms with van der Waals surface area (Å²) in [6, 6.07) is 24.2. The molecule has 1 aliphatic rings. The number of anilines is 3. The number of hydrogen-bond acceptors (Lipinski definition) is 6. The Kier molecular flexibility index (Phi) is 8.46. The molecule has 0 spiro atoms. The number of carbonyl (C=O) groups is 1. The summed E-state index contributed by atoms with van der Waals surface area (Å²) in [5, 5.41) is 6.53. The Balaban J connectivity index is 1.17. The molecule has 226 valence electrons. The van der Waals surface area contributed by atoms with Crippen molar-refractivity contribution in [3.8, 4) is 11.3 Å². The third-order valence-electron chi connectivity index (χ3n) is 8.34. The molecule has 2 N–H and O–H groups in total. The number of carbonyl (C=O) groups excluding carboxylic acids is 1. The van der Waals surface area contributed by atoms with Crippen molar-refractivity contribution in [2.24, 2.45) is 0 Å². The summed E-state index contributed by atoms with van der Waals surface area (Å²) in [6.45, 7) is 15.3. The van der Waals surface area contributed by atoms with E-state index in [9.17, 15) is 4.79 Å². The number of nitrogens with zero attached hydrogens (tertiary/aromatic N) is 5. The van der Waals surface area contributed by atoms with Gasteiger partial charge in [0, 0.05) is 73.8 Å². The van der Waals surface area contributed by atoms with E-state index in [4.69, 9.17) is 4.98 Å². The lowest BCUT2D eigenvalue weighted by molar-refractivity contribution is 0.102. The first kappa shape index (κ1) is 29.5. The van der Waals surface area contributed by atoms with Crippen LogP contribution in [0.1, 0.15) is 49.2 Å². The molecule has 44 heavy (non-hydrogen) atoms. The fourth-order valence-corrected chi connectivity index (χ4v) is 5.59. The number of fused-ring (bicyclic) bond motifs is 1. The first-order valence-corrected chi connectivity index (χ1v) is 15.4. The van der Waals surface area contributed by atoms with Gasteiger partial charge < -0.3 is 19.9 Å². The lowest BCUT2D eigenvalue weighted by Gasteiger charge is -2.34. The molecule has 3 heterocycles. The second-order valence-corrected chi connectivity index (χ2v) is 12.5. The topological polar surface area (TPSA) is 77.8 Å². The van der Waals surface area contributed by atoms with Crippen LogP contribution >= 0.6 is 0 Å². The zero-order valence-electron chi connectivity index (χ0n) is 26.0. The predicted octanol–water partition coefficient (Wildman–Crippen LogP) is 6.83. The normalized spacial score (nSPS) is 14.5. The fourth-order valence-electron chi connectivity index (χ4n) is 5.59. The monoisotopic (exact) mass is 587 g/mol. The van der Waals surface area contributed by atoms with Gasteiger partial charge in [0.25, 0.3) is 5.91 Å². The minimum atomic E-state index is -0.144. The van der Waals surface area contributed by atoms with E-state index in [1.54, 1.807) is 6.20 Å². The quantitative estimate of drug-likeness (QED) is 0.207. The molecule has 8 heteroatoms. The molecule has 1 fully saturated rings. The molecule has 0 saturated carbocycles. The van der Waals surface area contributed by atoms with E-state index in [0.717, 1.165) is 61.9 Å². The van der Waals surface area contributed by atoms with E-state index < -0.39 is 0 Å². The highest BCUT2D eigenvalue weighted by molar-refractivity contribution is 6.04. The fraction of sp³-hybridized carbons (Fsp3) is 0.306. The molecule has 0 atom stereocenters. The molecule has 1 aliphatic heterocycles. The largest absolute Gasteiger partial charge is 0.337 e. The van der Waals surface area contributed by atoms with Crippen molar-refractivity contribution >= 4 is 28.7 Å². The van der Waals surface area contributed by atoms with Crippen LogP contribution in [0.15, 0.2) is 91.4 Å². The van der Waals surface area contributed by atoms with Gasteiger partial charge in [-0.15, -0.1) is 0 Å². The van der Waals surface area contributed by atoms with Gasteiger partial charge in [0.2, 0.25) is 0 Å². The van der Waals surface area contributed by atoms with Crippen LogP contribution in [-0.4, -0.2) is 62.8 Å². The maximum absolute atomic E-state index is 13.0. The van der Waals surface area contributed by atoms with Crippen molar-refractivity contribution < 1.29 is 4.79 Å². The Hall–Kier alpha value is -4.53. The molecule has 1 saturated heterocycles. The summed E-state index contributed by atoms with van der Waals surface area (Å²) in [7, 11) is 0. The smallest absolute Gasteiger partial charge is 0.255 e. The molecule has 0 radical (unpaired) electrons. The summed E-state index contributed by atoms with van der Waals surface area (Å²) in [5.41, 5.74) is 7.23. The molecule has 0 unspecified atom stereocenters. The van der Waals surface area contributed by atoms with Crippen molar-refractivity contribution in [2.45, 2.75) is 39.7 Å². The lowest BCUT2D eigenvalue weighted by atomic mass is 9.87. The van der Waals surface area contributed by atoms with Gasteiger partial charge in [-0.05, 0) is 59.5 Å². The van der Waals surface area contributed by atoms with Gasteiger partial charge in [0.05, 0.1) is 5.69 Å². The standard InChI is InChI=1S/C36H41N7O/c1-5-41-19-21-42(22-20-41)24-26-9-15-30(16-10-26)38-33-34-37-17-18-43(34)25-32(40-33)28-7-6-8-31(23-28)39-35(44)27-11-13-29(14-12-27)36(2,3)4/h6-18,23,25H,5,19-22,24H2,1-4H3,(H,38,40)(H,39,44). The van der Waals surface area contributed by atoms with Gasteiger partial charge in [-0.1, -0.05) is 64.1 Å². The van der Waals surface area contributed by atoms with Crippen LogP contribution in [0, 0.1) is 0 Å². The predicted molar refractivity (Wildman–Crippen MR) is 179 cm³/mol. The van der Waals surface area contributed by atoms with Crippen LogP contribution in [0.25, 0.3) is 16.9 Å². The number of amides is 1. The molecular formula is C36H41N7O. The molecule has 2 aromatic heterocycles. The van der Waals surface area contributed by atoms with Crippen LogP contribution in [0.5, 0.6) is 0 Å². The van der Waals surface area contributed by atoms with Crippen molar-refractivity contribution in [2.75, 3.05) is 43.4 Å². The zero-order chi connectivity index (χ0) is 30.7. The van der Waals surface area contributed by atoms with E-state index in [1.807, 2.05) is 65.3 Å². The minimum Gasteiger partial charge on any atom is -0.337 e. The number of likely N-dealkylation sites (N-methyl/N-ethyl adjacent to an activating group) is 1. The number of hydrogen-bond donors (Lipinski definition) is 2. The third-order valence-corrected chi connectivity index (χ3v) is 8.34. The highest BCUT2D eigenvalue weighted by Crippen LogP contribution is 2.27. The summed E-state index contributed by atoms with van der Waals surface area (Å²) >= 11 is 0. The first-order valence-electron chi connectivity index (χ1n) is 15.4. The summed E-state index contributed by atoms with van der Waals surface area (Å²) in [5.74, 6) is 0.527. The van der Waals surface area contributed by atoms with Gasteiger partial charge in [-0.3, -0.25) is 9.69 Å². The summed E-state index contributed by atoms with van der Waals surface area (Å²) < 4.78 is 1.97. The lowest BCUT2D eigenvalue weighted by Crippen LogP contribution is -2.45. The minimum absolute atomic E-state index is 0.0358. The van der Waals surface area contributed by atoms with E-state index in [-0.39, 0.29) is 11.3 Å². The number of benzene rings is 3. The Morgan fingerprint density at radius 1 is 0.886 bits per heavy atom. The van der Waals surface area contributed by atoms with Crippen LogP contribution < -0.4 is 10.6 Å². The summed E-state index contributed by atoms with van der Waals surface area (Å²) in [4.78, 5) is 27.5. The maximum Gasteiger partial charge on any atom is 0.255 e. The average molecular weight is 588 g/mol. The SMILES string of the molecule is CCN1CCN(Cc2ccc(Nc3nc(-c4cccc(NC(=O)c5ccc(C(C)(C)C)cc5)c4)cn4ccnc34)cc2)CC1. The van der Waals surface area contributed by atoms with E-state index in [2.05, 4.69) is 77.4 Å². The van der Waals surface area contributed by atoms with E-state index in [1.165, 1.54) is 11.1 Å². The van der Waals surface area contributed by atoms with Crippen molar-refractivity contribution in [3.63, 3.8) is 0 Å². The molecule has 6 rings (SSSR count). The van der Waals surface area contributed by atoms with Crippen LogP contribution in [-0.2, 0) is 12.0 Å². The van der Waals surface area contributed by atoms with Crippen LogP contribution in [0.2, 0.25) is 0 Å². The highest BCUT2D eigenvalue weighted by atomic mass is 16.1. The van der Waals surface area contributed by atoms with Gasteiger partial charge in [0.15, 0.2) is 11.5 Å². The number of nitrogens with one attached hydrogen (secondary N) is 2. The van der Waals surface area contributed by atoms with Gasteiger partial charge in [0.1, 0.15) is 0 Å². The molecule has 1 amide bonds. The molecule has 0 aliphatic carbocycles. The maximum atomic E-state index is 13.0. The Labute approximate surface area is 259 Å². The Morgan fingerprint density at radius 3 is 2.32 bits per heavy atom. The van der Waals surface area contributed by atoms with Crippen LogP contribution in [0.4, 0.5) is 17.2 Å². The zero-order valence-corrected chi connectivity index (χ0v) is 26.0. The van der Waals surface area contributed by atoms with Crippen LogP contribution in [0.3, 0.4) is 0 Å². The van der Waals surface area contributed by atoms with E-state index in [0.29, 0.717) is 17.1 Å². The molecular weight excluding hydrogens is 546 g/mol. The summed E-state index contributed by atoms with van der Waals surface area (Å²) in [6.07, 6.45) is 5.65. The van der Waals surface area contributed by atoms with Crippen molar-refractivity contribution in [1.82, 2.24) is 24.2 Å². The van der Waals surface area contributed by atoms with Gasteiger partial charge >= 0.3 is 0 Å². The average Bonchev–Trinajstić information content (AvgIpc) is 3.51. The van der Waals surface area contributed by atoms with E-state index >= 15 is 0 Å². The van der Waals surface area contributed by atoms with Gasteiger partial charge in [-0.25, -0.2) is 9.97 Å². The van der Waals surface area contributed by atoms with Crippen molar-refractivity contribution in [3.05, 3.63) is 108 Å². The number of aromatic nitrogens is 3. The third kappa shape index (κ3) is 6.82. The number of imidazole rings is 1. The Morgan fingerprint density at radius 2 is 1.61 bits per heavy atom. The molecule has 3 aromatic carbocycles. The first-order chi connectivity index (χ1) is 21.2. The second kappa shape index (κ2) is 12.6. The number of rotatable bonds is 8. The van der Waals surface area contributed by atoms with Gasteiger partial charge in [-0.2, -0.15) is 0 Å². The number of piperazine rings is 1. The Bertz CT molecular complexity index is 1730.